The van der Waals surface area contributed by atoms with Gasteiger partial charge in [-0.1, -0.05) is 11.6 Å². The minimum absolute atomic E-state index is 0.0124. The van der Waals surface area contributed by atoms with E-state index in [-0.39, 0.29) is 17.2 Å². The van der Waals surface area contributed by atoms with E-state index >= 15 is 0 Å². The number of aryl methyl sites for hydroxylation is 1. The molecular weight excluding hydrogens is 230 g/mol. The molecule has 98 valence electrons. The number of benzene rings is 1. The summed E-state index contributed by atoms with van der Waals surface area (Å²) in [5.74, 6) is -0.234. The molecule has 2 N–H and O–H groups in total. The van der Waals surface area contributed by atoms with Gasteiger partial charge in [-0.2, -0.15) is 0 Å². The topological polar surface area (TPSA) is 58.6 Å². The van der Waals surface area contributed by atoms with Gasteiger partial charge >= 0.3 is 0 Å². The van der Waals surface area contributed by atoms with Crippen molar-refractivity contribution in [3.05, 3.63) is 29.3 Å². The fraction of sp³-hybridized carbons (Fsp3) is 0.500. The highest BCUT2D eigenvalue weighted by molar-refractivity contribution is 5.97. The van der Waals surface area contributed by atoms with E-state index in [4.69, 9.17) is 4.74 Å². The number of phenols is 1. The first-order valence-electron chi connectivity index (χ1n) is 6.20. The highest BCUT2D eigenvalue weighted by atomic mass is 16.5. The number of carbonyl (C=O) groups excluding carboxylic acids is 1. The Balaban J connectivity index is 2.14. The van der Waals surface area contributed by atoms with Crippen molar-refractivity contribution in [2.24, 2.45) is 0 Å². The summed E-state index contributed by atoms with van der Waals surface area (Å²) in [7, 11) is 0. The number of phenolic OH excluding ortho intramolecular Hbond substituents is 1. The van der Waals surface area contributed by atoms with Crippen molar-refractivity contribution in [3.63, 3.8) is 0 Å². The van der Waals surface area contributed by atoms with Gasteiger partial charge in [-0.05, 0) is 38.8 Å². The lowest BCUT2D eigenvalue weighted by atomic mass is 9.94. The molecule has 4 heteroatoms. The average Bonchev–Trinajstić information content (AvgIpc) is 2.32. The largest absolute Gasteiger partial charge is 0.507 e. The van der Waals surface area contributed by atoms with Crippen molar-refractivity contribution in [1.29, 1.82) is 0 Å². The van der Waals surface area contributed by atoms with Gasteiger partial charge in [0, 0.05) is 6.61 Å². The van der Waals surface area contributed by atoms with Gasteiger partial charge in [0.2, 0.25) is 0 Å². The molecule has 1 unspecified atom stereocenters. The van der Waals surface area contributed by atoms with Gasteiger partial charge in [0.05, 0.1) is 17.7 Å². The third kappa shape index (κ3) is 2.82. The summed E-state index contributed by atoms with van der Waals surface area (Å²) in [4.78, 5) is 12.2. The number of hydrogen-bond acceptors (Lipinski definition) is 3. The van der Waals surface area contributed by atoms with Crippen LogP contribution in [0.15, 0.2) is 18.2 Å². The third-order valence-electron chi connectivity index (χ3n) is 3.25. The summed E-state index contributed by atoms with van der Waals surface area (Å²) in [5, 5.41) is 12.7. The normalized spacial score (nSPS) is 23.7. The van der Waals surface area contributed by atoms with Crippen LogP contribution in [0.2, 0.25) is 0 Å². The van der Waals surface area contributed by atoms with Gasteiger partial charge in [-0.3, -0.25) is 4.79 Å². The van der Waals surface area contributed by atoms with Gasteiger partial charge in [0.15, 0.2) is 0 Å². The van der Waals surface area contributed by atoms with Crippen LogP contribution < -0.4 is 5.32 Å². The Kier molecular flexibility index (Phi) is 3.57. The third-order valence-corrected chi connectivity index (χ3v) is 3.25. The van der Waals surface area contributed by atoms with Gasteiger partial charge in [0.25, 0.3) is 5.91 Å². The van der Waals surface area contributed by atoms with Crippen LogP contribution in [0.5, 0.6) is 5.75 Å². The van der Waals surface area contributed by atoms with E-state index in [1.165, 1.54) is 0 Å². The lowest BCUT2D eigenvalue weighted by Gasteiger charge is -2.34. The lowest BCUT2D eigenvalue weighted by molar-refractivity contribution is 0.0272. The molecule has 2 rings (SSSR count). The number of carbonyl (C=O) groups is 1. The van der Waals surface area contributed by atoms with Crippen molar-refractivity contribution in [3.8, 4) is 5.75 Å². The minimum atomic E-state index is -0.342. The first-order valence-corrected chi connectivity index (χ1v) is 6.20. The minimum Gasteiger partial charge on any atom is -0.507 e. The molecule has 1 aromatic rings. The first kappa shape index (κ1) is 12.9. The van der Waals surface area contributed by atoms with E-state index in [0.717, 1.165) is 25.0 Å². The van der Waals surface area contributed by atoms with Gasteiger partial charge in [0.1, 0.15) is 5.75 Å². The molecule has 0 bridgehead atoms. The second-order valence-electron chi connectivity index (χ2n) is 5.19. The average molecular weight is 249 g/mol. The van der Waals surface area contributed by atoms with Crippen molar-refractivity contribution >= 4 is 5.91 Å². The standard InChI is InChI=1S/C14H19NO3/c1-10-4-5-12(16)11(8-10)13(17)15-14(2)6-3-7-18-9-14/h4-5,8,16H,3,6-7,9H2,1-2H3,(H,15,17). The Bertz CT molecular complexity index is 450. The molecule has 0 radical (unpaired) electrons. The Morgan fingerprint density at radius 2 is 2.28 bits per heavy atom. The summed E-state index contributed by atoms with van der Waals surface area (Å²) in [6, 6.07) is 5.01. The molecule has 4 nitrogen and oxygen atoms in total. The Morgan fingerprint density at radius 3 is 2.94 bits per heavy atom. The fourth-order valence-corrected chi connectivity index (χ4v) is 2.21. The summed E-state index contributed by atoms with van der Waals surface area (Å²) in [6.07, 6.45) is 1.84. The molecule has 1 heterocycles. The zero-order chi connectivity index (χ0) is 13.2. The fourth-order valence-electron chi connectivity index (χ4n) is 2.21. The molecule has 1 aliphatic rings. The molecule has 0 aliphatic carbocycles. The quantitative estimate of drug-likeness (QED) is 0.842. The van der Waals surface area contributed by atoms with Crippen molar-refractivity contribution in [2.45, 2.75) is 32.2 Å². The molecule has 0 saturated carbocycles. The number of aromatic hydroxyl groups is 1. The molecule has 0 aromatic heterocycles. The Labute approximate surface area is 107 Å². The van der Waals surface area contributed by atoms with Crippen LogP contribution in [-0.4, -0.2) is 29.8 Å². The van der Waals surface area contributed by atoms with E-state index in [1.54, 1.807) is 18.2 Å². The second-order valence-corrected chi connectivity index (χ2v) is 5.19. The number of ether oxygens (including phenoxy) is 1. The highest BCUT2D eigenvalue weighted by Crippen LogP contribution is 2.22. The van der Waals surface area contributed by atoms with Crippen LogP contribution in [0.1, 0.15) is 35.7 Å². The summed E-state index contributed by atoms with van der Waals surface area (Å²) >= 11 is 0. The number of amides is 1. The van der Waals surface area contributed by atoms with Gasteiger partial charge < -0.3 is 15.2 Å². The number of hydrogen-bond donors (Lipinski definition) is 2. The molecule has 0 spiro atoms. The molecule has 1 amide bonds. The Morgan fingerprint density at radius 1 is 1.50 bits per heavy atom. The maximum atomic E-state index is 12.2. The van der Waals surface area contributed by atoms with Gasteiger partial charge in [-0.25, -0.2) is 0 Å². The second kappa shape index (κ2) is 4.98. The predicted octanol–water partition coefficient (Wildman–Crippen LogP) is 2.00. The molecule has 1 saturated heterocycles. The number of nitrogens with one attached hydrogen (secondary N) is 1. The van der Waals surface area contributed by atoms with Crippen LogP contribution in [0.4, 0.5) is 0 Å². The van der Waals surface area contributed by atoms with E-state index in [2.05, 4.69) is 5.32 Å². The van der Waals surface area contributed by atoms with Crippen LogP contribution in [-0.2, 0) is 4.74 Å². The summed E-state index contributed by atoms with van der Waals surface area (Å²) in [5.41, 5.74) is 0.927. The van der Waals surface area contributed by atoms with Crippen molar-refractivity contribution in [2.75, 3.05) is 13.2 Å². The van der Waals surface area contributed by atoms with E-state index in [9.17, 15) is 9.90 Å². The van der Waals surface area contributed by atoms with Crippen LogP contribution >= 0.6 is 0 Å². The maximum Gasteiger partial charge on any atom is 0.255 e. The van der Waals surface area contributed by atoms with Crippen LogP contribution in [0.25, 0.3) is 0 Å². The number of rotatable bonds is 2. The lowest BCUT2D eigenvalue weighted by Crippen LogP contribution is -2.51. The van der Waals surface area contributed by atoms with Crippen LogP contribution in [0, 0.1) is 6.92 Å². The Hall–Kier alpha value is -1.55. The smallest absolute Gasteiger partial charge is 0.255 e. The molecular formula is C14H19NO3. The van der Waals surface area contributed by atoms with E-state index < -0.39 is 0 Å². The van der Waals surface area contributed by atoms with E-state index in [0.29, 0.717) is 12.2 Å². The maximum absolute atomic E-state index is 12.2. The van der Waals surface area contributed by atoms with Gasteiger partial charge in [-0.15, -0.1) is 0 Å². The van der Waals surface area contributed by atoms with Crippen LogP contribution in [0.3, 0.4) is 0 Å². The summed E-state index contributed by atoms with van der Waals surface area (Å²) in [6.45, 7) is 5.13. The zero-order valence-corrected chi connectivity index (χ0v) is 10.8. The summed E-state index contributed by atoms with van der Waals surface area (Å²) < 4.78 is 5.40. The molecule has 18 heavy (non-hydrogen) atoms. The van der Waals surface area contributed by atoms with Crippen molar-refractivity contribution in [1.82, 2.24) is 5.32 Å². The first-order chi connectivity index (χ1) is 8.50. The molecule has 1 aliphatic heterocycles. The van der Waals surface area contributed by atoms with E-state index in [1.807, 2.05) is 13.8 Å². The SMILES string of the molecule is Cc1ccc(O)c(C(=O)NC2(C)CCCOC2)c1. The monoisotopic (exact) mass is 249 g/mol. The molecule has 1 aromatic carbocycles. The molecule has 1 fully saturated rings. The zero-order valence-electron chi connectivity index (χ0n) is 10.8. The molecule has 1 atom stereocenters. The highest BCUT2D eigenvalue weighted by Gasteiger charge is 2.30. The predicted molar refractivity (Wildman–Crippen MR) is 68.8 cm³/mol. The van der Waals surface area contributed by atoms with Crippen molar-refractivity contribution < 1.29 is 14.6 Å².